The topological polar surface area (TPSA) is 192 Å². The third-order valence-corrected chi connectivity index (χ3v) is 8.41. The largest absolute Gasteiger partial charge is 0.503 e. The number of rotatable bonds is 1. The number of halogens is 1. The maximum Gasteiger partial charge on any atom is 0.373 e. The summed E-state index contributed by atoms with van der Waals surface area (Å²) in [5, 5.41) is 9.77. The highest BCUT2D eigenvalue weighted by atomic mass is 79.9. The number of aryl methyl sites for hydroxylation is 1. The second-order valence-electron chi connectivity index (χ2n) is 10.2. The fraction of sp³-hybridized carbons (Fsp3) is 0.500. The zero-order valence-corrected chi connectivity index (χ0v) is 25.8. The summed E-state index contributed by atoms with van der Waals surface area (Å²) in [5.41, 5.74) is 0.609. The van der Waals surface area contributed by atoms with E-state index >= 15 is 0 Å². The standard InChI is InChI=1S/C14H17BrN2O3.C12H14N2O4.2CO2/c1-3-9-6-16-7-10-17(8(2)4-5-20-10)14(19)12(16)11(15)13(9)18;1-7-3-5-18-9-6-13-4-2-8(15)11(16)10(13)12(17)14(7)9;2*2-1-3/h6,8,10H,3-5,7H2,1-2H3;2,4,7,9,16H,3,5-6H2,1H3;;/t8-,10+;7-,9+;;/m11../s1. The molecule has 0 saturated carbocycles. The highest BCUT2D eigenvalue weighted by Crippen LogP contribution is 2.30. The predicted molar refractivity (Wildman–Crippen MR) is 150 cm³/mol. The summed E-state index contributed by atoms with van der Waals surface area (Å²) < 4.78 is 15.1. The Hall–Kier alpha value is -4.20. The molecule has 0 unspecified atom stereocenters. The van der Waals surface area contributed by atoms with Crippen molar-refractivity contribution in [1.82, 2.24) is 18.9 Å². The van der Waals surface area contributed by atoms with Crippen molar-refractivity contribution >= 4 is 40.0 Å². The van der Waals surface area contributed by atoms with E-state index in [4.69, 9.17) is 28.7 Å². The van der Waals surface area contributed by atoms with Crippen LogP contribution in [0.5, 0.6) is 5.75 Å². The molecule has 16 heteroatoms. The van der Waals surface area contributed by atoms with Crippen LogP contribution >= 0.6 is 15.9 Å². The van der Waals surface area contributed by atoms with Crippen molar-refractivity contribution < 1.29 is 43.3 Å². The van der Waals surface area contributed by atoms with Gasteiger partial charge in [0.2, 0.25) is 5.43 Å². The maximum atomic E-state index is 12.7. The monoisotopic (exact) mass is 678 g/mol. The molecule has 6 heterocycles. The van der Waals surface area contributed by atoms with Crippen LogP contribution in [0, 0.1) is 0 Å². The summed E-state index contributed by atoms with van der Waals surface area (Å²) in [7, 11) is 0. The van der Waals surface area contributed by atoms with Gasteiger partial charge in [0.1, 0.15) is 5.69 Å². The molecule has 2 aromatic rings. The Labute approximate surface area is 259 Å². The van der Waals surface area contributed by atoms with E-state index in [1.165, 1.54) is 12.3 Å². The molecule has 236 valence electrons. The van der Waals surface area contributed by atoms with Gasteiger partial charge in [-0.15, -0.1) is 0 Å². The van der Waals surface area contributed by atoms with E-state index in [0.29, 0.717) is 48.5 Å². The van der Waals surface area contributed by atoms with Crippen molar-refractivity contribution in [3.63, 3.8) is 0 Å². The van der Waals surface area contributed by atoms with E-state index in [1.807, 2.05) is 25.3 Å². The van der Waals surface area contributed by atoms with E-state index in [0.717, 1.165) is 12.8 Å². The first-order valence-electron chi connectivity index (χ1n) is 13.7. The Kier molecular flexibility index (Phi) is 11.7. The van der Waals surface area contributed by atoms with Crippen LogP contribution in [-0.4, -0.2) is 85.9 Å². The van der Waals surface area contributed by atoms with Crippen LogP contribution < -0.4 is 10.9 Å². The zero-order chi connectivity index (χ0) is 32.7. The van der Waals surface area contributed by atoms with Gasteiger partial charge >= 0.3 is 12.3 Å². The van der Waals surface area contributed by atoms with Crippen LogP contribution in [0.15, 0.2) is 32.5 Å². The molecule has 0 aliphatic carbocycles. The summed E-state index contributed by atoms with van der Waals surface area (Å²) in [5.74, 6) is -0.938. The number of pyridine rings is 2. The van der Waals surface area contributed by atoms with Gasteiger partial charge in [-0.2, -0.15) is 19.2 Å². The molecule has 15 nitrogen and oxygen atoms in total. The smallest absolute Gasteiger partial charge is 0.373 e. The van der Waals surface area contributed by atoms with Gasteiger partial charge in [0, 0.05) is 36.1 Å². The molecule has 4 atom stereocenters. The van der Waals surface area contributed by atoms with Gasteiger partial charge < -0.3 is 33.5 Å². The van der Waals surface area contributed by atoms with E-state index < -0.39 is 11.2 Å². The van der Waals surface area contributed by atoms with Gasteiger partial charge in [0.25, 0.3) is 11.8 Å². The summed E-state index contributed by atoms with van der Waals surface area (Å²) in [6.07, 6.45) is 5.53. The number of carbonyl (C=O) groups is 2. The zero-order valence-electron chi connectivity index (χ0n) is 24.2. The van der Waals surface area contributed by atoms with Crippen molar-refractivity contribution in [2.45, 2.75) is 77.7 Å². The molecule has 1 N–H and O–H groups in total. The summed E-state index contributed by atoms with van der Waals surface area (Å²) >= 11 is 3.31. The van der Waals surface area contributed by atoms with Crippen molar-refractivity contribution in [3.05, 3.63) is 60.3 Å². The Morgan fingerprint density at radius 1 is 0.864 bits per heavy atom. The molecule has 2 aromatic heterocycles. The highest BCUT2D eigenvalue weighted by molar-refractivity contribution is 9.10. The summed E-state index contributed by atoms with van der Waals surface area (Å²) in [6, 6.07) is 1.45. The average molecular weight is 679 g/mol. The van der Waals surface area contributed by atoms with Crippen molar-refractivity contribution in [3.8, 4) is 5.75 Å². The number of amides is 2. The normalized spacial score (nSPS) is 22.8. The van der Waals surface area contributed by atoms with Gasteiger partial charge in [-0.25, -0.2) is 0 Å². The van der Waals surface area contributed by atoms with Crippen LogP contribution in [0.25, 0.3) is 0 Å². The number of nitrogens with zero attached hydrogens (tertiary/aromatic N) is 4. The molecular weight excluding hydrogens is 648 g/mol. The number of aromatic hydroxyl groups is 1. The minimum absolute atomic E-state index is 0.0553. The van der Waals surface area contributed by atoms with Crippen LogP contribution in [0.1, 0.15) is 60.2 Å². The second kappa shape index (κ2) is 15.0. The van der Waals surface area contributed by atoms with Crippen LogP contribution in [-0.2, 0) is 48.2 Å². The number of aromatic nitrogens is 2. The van der Waals surface area contributed by atoms with Gasteiger partial charge in [-0.3, -0.25) is 19.2 Å². The van der Waals surface area contributed by atoms with Crippen molar-refractivity contribution in [2.24, 2.45) is 0 Å². The van der Waals surface area contributed by atoms with Gasteiger partial charge in [0.05, 0.1) is 30.8 Å². The fourth-order valence-electron chi connectivity index (χ4n) is 5.52. The third-order valence-electron chi connectivity index (χ3n) is 7.67. The highest BCUT2D eigenvalue weighted by Gasteiger charge is 2.41. The summed E-state index contributed by atoms with van der Waals surface area (Å²) in [4.78, 5) is 84.5. The van der Waals surface area contributed by atoms with Crippen molar-refractivity contribution in [2.75, 3.05) is 13.2 Å². The van der Waals surface area contributed by atoms with Crippen LogP contribution in [0.3, 0.4) is 0 Å². The molecule has 0 spiro atoms. The molecule has 44 heavy (non-hydrogen) atoms. The molecule has 0 radical (unpaired) electrons. The first-order valence-corrected chi connectivity index (χ1v) is 14.5. The Morgan fingerprint density at radius 2 is 1.34 bits per heavy atom. The molecule has 0 aromatic carbocycles. The lowest BCUT2D eigenvalue weighted by Gasteiger charge is -2.44. The van der Waals surface area contributed by atoms with Crippen molar-refractivity contribution in [1.29, 1.82) is 0 Å². The van der Waals surface area contributed by atoms with Crippen LogP contribution in [0.4, 0.5) is 0 Å². The lowest BCUT2D eigenvalue weighted by Crippen LogP contribution is -2.57. The van der Waals surface area contributed by atoms with Gasteiger partial charge in [-0.1, -0.05) is 6.92 Å². The number of hydrogen-bond donors (Lipinski definition) is 1. The molecule has 2 amide bonds. The molecule has 4 aliphatic heterocycles. The Balaban J connectivity index is 0.000000205. The Bertz CT molecular complexity index is 1580. The Morgan fingerprint density at radius 3 is 1.84 bits per heavy atom. The first-order chi connectivity index (χ1) is 21.0. The number of ether oxygens (including phenoxy) is 2. The minimum atomic E-state index is -0.529. The number of carbonyl (C=O) groups excluding carboxylic acids is 6. The minimum Gasteiger partial charge on any atom is -0.503 e. The quantitative estimate of drug-likeness (QED) is 0.447. The molecule has 2 saturated heterocycles. The van der Waals surface area contributed by atoms with E-state index in [-0.39, 0.29) is 59.8 Å². The fourth-order valence-corrected chi connectivity index (χ4v) is 6.17. The third kappa shape index (κ3) is 6.79. The molecule has 6 rings (SSSR count). The SMILES string of the molecule is CCc1cn2c(c(Br)c1=O)C(=O)N1[C@H](C)CCO[C@H]1C2.C[C@@H]1CCO[C@H]2Cn3ccc(=O)c(O)c3C(=O)N12.O=C=O.O=C=O. The number of fused-ring (bicyclic) bond motifs is 4. The van der Waals surface area contributed by atoms with E-state index in [1.54, 1.807) is 20.6 Å². The summed E-state index contributed by atoms with van der Waals surface area (Å²) in [6.45, 7) is 8.23. The van der Waals surface area contributed by atoms with E-state index in [9.17, 15) is 24.3 Å². The molecular formula is C28H31BrN4O11. The lowest BCUT2D eigenvalue weighted by molar-refractivity contribution is -0.193. The van der Waals surface area contributed by atoms with Crippen LogP contribution in [0.2, 0.25) is 0 Å². The molecule has 2 fully saturated rings. The predicted octanol–water partition coefficient (Wildman–Crippen LogP) is 0.742. The first kappa shape index (κ1) is 34.3. The van der Waals surface area contributed by atoms with Gasteiger partial charge in [0.15, 0.2) is 29.3 Å². The molecule has 4 aliphatic rings. The average Bonchev–Trinajstić information content (AvgIpc) is 2.98. The second-order valence-corrected chi connectivity index (χ2v) is 11.0. The van der Waals surface area contributed by atoms with E-state index in [2.05, 4.69) is 15.9 Å². The maximum absolute atomic E-state index is 12.7. The lowest BCUT2D eigenvalue weighted by atomic mass is 10.1. The molecule has 0 bridgehead atoms. The van der Waals surface area contributed by atoms with Gasteiger partial charge in [-0.05, 0) is 49.0 Å². The number of hydrogen-bond acceptors (Lipinski definition) is 11.